The lowest BCUT2D eigenvalue weighted by Gasteiger charge is -2.12. The summed E-state index contributed by atoms with van der Waals surface area (Å²) < 4.78 is 0.860. The van der Waals surface area contributed by atoms with Gasteiger partial charge in [-0.3, -0.25) is 24.6 Å². The van der Waals surface area contributed by atoms with Gasteiger partial charge < -0.3 is 0 Å². The van der Waals surface area contributed by atoms with Crippen molar-refractivity contribution < 1.29 is 14.5 Å². The molecule has 0 N–H and O–H groups in total. The van der Waals surface area contributed by atoms with Crippen LogP contribution in [0.5, 0.6) is 0 Å². The number of rotatable bonds is 6. The lowest BCUT2D eigenvalue weighted by molar-refractivity contribution is -0.387. The summed E-state index contributed by atoms with van der Waals surface area (Å²) in [6.45, 7) is 2.14. The van der Waals surface area contributed by atoms with E-state index in [4.69, 9.17) is 0 Å². The lowest BCUT2D eigenvalue weighted by atomic mass is 10.1. The van der Waals surface area contributed by atoms with Gasteiger partial charge in [0.25, 0.3) is 16.8 Å². The van der Waals surface area contributed by atoms with Crippen LogP contribution >= 0.6 is 39.5 Å². The van der Waals surface area contributed by atoms with Gasteiger partial charge in [0.2, 0.25) is 0 Å². The lowest BCUT2D eigenvalue weighted by Crippen LogP contribution is -2.27. The van der Waals surface area contributed by atoms with Crippen molar-refractivity contribution in [3.63, 3.8) is 0 Å². The molecule has 2 amide bonds. The quantitative estimate of drug-likeness (QED) is 0.189. The molecule has 0 atom stereocenters. The summed E-state index contributed by atoms with van der Waals surface area (Å²) in [5.74, 6) is -0.411. The number of imide groups is 1. The fraction of sp³-hybridized carbons (Fsp3) is 0.0833. The standard InChI is InChI=1S/C24H17BrN2O4S2/c1-15-5-8-19(9-6-15)32-21-10-7-16(12-20(21)27(30)31)13-22-23(28)26(24(29)33-22)14-17-3-2-4-18(25)11-17/h2-13H,14H2,1H3/b22-13-. The van der Waals surface area contributed by atoms with Crippen molar-refractivity contribution in [1.29, 1.82) is 0 Å². The number of hydrogen-bond donors (Lipinski definition) is 0. The maximum absolute atomic E-state index is 12.8. The smallest absolute Gasteiger partial charge is 0.268 e. The van der Waals surface area contributed by atoms with E-state index in [0.29, 0.717) is 10.5 Å². The van der Waals surface area contributed by atoms with Gasteiger partial charge in [-0.15, -0.1) is 0 Å². The normalized spacial score (nSPS) is 14.8. The molecular formula is C24H17BrN2O4S2. The maximum atomic E-state index is 12.8. The summed E-state index contributed by atoms with van der Waals surface area (Å²) in [5.41, 5.74) is 2.37. The Morgan fingerprint density at radius 3 is 2.55 bits per heavy atom. The molecule has 4 rings (SSSR count). The monoisotopic (exact) mass is 540 g/mol. The molecule has 1 aliphatic heterocycles. The molecule has 0 radical (unpaired) electrons. The van der Waals surface area contributed by atoms with Crippen molar-refractivity contribution in [2.24, 2.45) is 0 Å². The Bertz CT molecular complexity index is 1290. The topological polar surface area (TPSA) is 80.5 Å². The number of nitro groups is 1. The molecular weight excluding hydrogens is 524 g/mol. The number of aryl methyl sites for hydroxylation is 1. The molecule has 9 heteroatoms. The molecule has 166 valence electrons. The first-order valence-electron chi connectivity index (χ1n) is 9.83. The highest BCUT2D eigenvalue weighted by Crippen LogP contribution is 2.38. The van der Waals surface area contributed by atoms with E-state index in [1.165, 1.54) is 28.8 Å². The number of hydrogen-bond acceptors (Lipinski definition) is 6. The van der Waals surface area contributed by atoms with E-state index in [9.17, 15) is 19.7 Å². The molecule has 0 spiro atoms. The highest BCUT2D eigenvalue weighted by Gasteiger charge is 2.35. The molecule has 0 bridgehead atoms. The van der Waals surface area contributed by atoms with E-state index < -0.39 is 10.8 Å². The predicted molar refractivity (Wildman–Crippen MR) is 134 cm³/mol. The highest BCUT2D eigenvalue weighted by atomic mass is 79.9. The van der Waals surface area contributed by atoms with Gasteiger partial charge in [0.05, 0.1) is 21.3 Å². The first-order valence-corrected chi connectivity index (χ1v) is 12.3. The molecule has 0 aromatic heterocycles. The maximum Gasteiger partial charge on any atom is 0.293 e. The van der Waals surface area contributed by atoms with E-state index in [0.717, 1.165) is 32.3 Å². The zero-order valence-corrected chi connectivity index (χ0v) is 20.6. The number of carbonyl (C=O) groups excluding carboxylic acids is 2. The Morgan fingerprint density at radius 2 is 1.85 bits per heavy atom. The second-order valence-corrected chi connectivity index (χ2v) is 10.3. The van der Waals surface area contributed by atoms with Crippen molar-refractivity contribution in [1.82, 2.24) is 4.90 Å². The molecule has 1 heterocycles. The predicted octanol–water partition coefficient (Wildman–Crippen LogP) is 7.05. The third-order valence-corrected chi connectivity index (χ3v) is 7.30. The Morgan fingerprint density at radius 1 is 1.09 bits per heavy atom. The van der Waals surface area contributed by atoms with Gasteiger partial charge in [-0.2, -0.15) is 0 Å². The van der Waals surface area contributed by atoms with Gasteiger partial charge in [0, 0.05) is 15.4 Å². The van der Waals surface area contributed by atoms with E-state index in [2.05, 4.69) is 15.9 Å². The minimum Gasteiger partial charge on any atom is -0.268 e. The van der Waals surface area contributed by atoms with Crippen molar-refractivity contribution in [2.75, 3.05) is 0 Å². The van der Waals surface area contributed by atoms with E-state index in [1.54, 1.807) is 12.1 Å². The van der Waals surface area contributed by atoms with Crippen LogP contribution in [-0.2, 0) is 11.3 Å². The van der Waals surface area contributed by atoms with E-state index >= 15 is 0 Å². The zero-order valence-electron chi connectivity index (χ0n) is 17.4. The molecule has 0 unspecified atom stereocenters. The third kappa shape index (κ3) is 5.55. The second-order valence-electron chi connectivity index (χ2n) is 7.30. The number of carbonyl (C=O) groups is 2. The van der Waals surface area contributed by atoms with Gasteiger partial charge in [0.15, 0.2) is 0 Å². The van der Waals surface area contributed by atoms with Crippen LogP contribution in [0, 0.1) is 17.0 Å². The molecule has 1 aliphatic rings. The van der Waals surface area contributed by atoms with Gasteiger partial charge in [-0.1, -0.05) is 63.6 Å². The zero-order chi connectivity index (χ0) is 23.5. The van der Waals surface area contributed by atoms with E-state index in [-0.39, 0.29) is 22.4 Å². The second kappa shape index (κ2) is 9.94. The number of benzene rings is 3. The number of halogens is 1. The minimum absolute atomic E-state index is 0.0531. The number of nitrogens with zero attached hydrogens (tertiary/aromatic N) is 2. The molecule has 3 aromatic rings. The van der Waals surface area contributed by atoms with Crippen molar-refractivity contribution in [3.8, 4) is 0 Å². The van der Waals surface area contributed by atoms with Gasteiger partial charge >= 0.3 is 0 Å². The summed E-state index contributed by atoms with van der Waals surface area (Å²) in [4.78, 5) is 39.3. The summed E-state index contributed by atoms with van der Waals surface area (Å²) >= 11 is 5.52. The van der Waals surface area contributed by atoms with Crippen LogP contribution in [0.15, 0.2) is 85.9 Å². The van der Waals surface area contributed by atoms with Crippen LogP contribution in [0.2, 0.25) is 0 Å². The molecule has 3 aromatic carbocycles. The SMILES string of the molecule is Cc1ccc(Sc2ccc(/C=C3\SC(=O)N(Cc4cccc(Br)c4)C3=O)cc2[N+](=O)[O-])cc1. The van der Waals surface area contributed by atoms with Crippen LogP contribution < -0.4 is 0 Å². The summed E-state index contributed by atoms with van der Waals surface area (Å²) in [6.07, 6.45) is 1.53. The number of amides is 2. The van der Waals surface area contributed by atoms with Crippen molar-refractivity contribution in [3.05, 3.63) is 103 Å². The Kier molecular flexibility index (Phi) is 7.02. The fourth-order valence-electron chi connectivity index (χ4n) is 3.19. The molecule has 33 heavy (non-hydrogen) atoms. The van der Waals surface area contributed by atoms with Crippen LogP contribution in [0.3, 0.4) is 0 Å². The number of nitro benzene ring substituents is 1. The first-order chi connectivity index (χ1) is 15.8. The average molecular weight is 541 g/mol. The number of thioether (sulfide) groups is 1. The van der Waals surface area contributed by atoms with Crippen LogP contribution in [0.4, 0.5) is 10.5 Å². The molecule has 0 saturated carbocycles. The highest BCUT2D eigenvalue weighted by molar-refractivity contribution is 9.10. The fourth-order valence-corrected chi connectivity index (χ4v) is 5.38. The Balaban J connectivity index is 1.57. The van der Waals surface area contributed by atoms with Gasteiger partial charge in [0.1, 0.15) is 0 Å². The Labute approximate surface area is 207 Å². The largest absolute Gasteiger partial charge is 0.293 e. The van der Waals surface area contributed by atoms with Crippen LogP contribution in [0.25, 0.3) is 6.08 Å². The Hall–Kier alpha value is -2.88. The summed E-state index contributed by atoms with van der Waals surface area (Å²) in [5, 5.41) is 11.3. The third-order valence-electron chi connectivity index (χ3n) is 4.83. The van der Waals surface area contributed by atoms with Gasteiger partial charge in [-0.05, 0) is 66.2 Å². The summed E-state index contributed by atoms with van der Waals surface area (Å²) in [7, 11) is 0. The minimum atomic E-state index is -0.438. The van der Waals surface area contributed by atoms with Gasteiger partial charge in [-0.25, -0.2) is 0 Å². The van der Waals surface area contributed by atoms with Crippen molar-refractivity contribution in [2.45, 2.75) is 23.3 Å². The summed E-state index contributed by atoms with van der Waals surface area (Å²) in [6, 6.07) is 19.9. The average Bonchev–Trinajstić information content (AvgIpc) is 3.03. The molecule has 1 fully saturated rings. The van der Waals surface area contributed by atoms with E-state index in [1.807, 2.05) is 55.5 Å². The van der Waals surface area contributed by atoms with Crippen LogP contribution in [0.1, 0.15) is 16.7 Å². The van der Waals surface area contributed by atoms with Crippen LogP contribution in [-0.4, -0.2) is 21.0 Å². The molecule has 1 saturated heterocycles. The molecule has 0 aliphatic carbocycles. The first kappa shape index (κ1) is 23.3. The molecule has 6 nitrogen and oxygen atoms in total. The van der Waals surface area contributed by atoms with Crippen molar-refractivity contribution >= 4 is 62.4 Å².